The molecule has 0 aliphatic carbocycles. The Morgan fingerprint density at radius 1 is 1.14 bits per heavy atom. The fourth-order valence-corrected chi connectivity index (χ4v) is 2.55. The summed E-state index contributed by atoms with van der Waals surface area (Å²) in [5, 5.41) is 9.90. The molecule has 0 bridgehead atoms. The lowest BCUT2D eigenvalue weighted by Gasteiger charge is -2.22. The van der Waals surface area contributed by atoms with Crippen molar-refractivity contribution in [3.05, 3.63) is 65.2 Å². The van der Waals surface area contributed by atoms with Crippen LogP contribution in [0.15, 0.2) is 54.6 Å². The first kappa shape index (κ1) is 16.5. The zero-order valence-corrected chi connectivity index (χ0v) is 13.3. The van der Waals surface area contributed by atoms with Crippen LogP contribution in [0.4, 0.5) is 5.69 Å². The lowest BCUT2D eigenvalue weighted by Crippen LogP contribution is -2.27. The van der Waals surface area contributed by atoms with Crippen LogP contribution in [0, 0.1) is 0 Å². The van der Waals surface area contributed by atoms with Gasteiger partial charge < -0.3 is 10.0 Å². The SMILES string of the molecule is CN(C(=O)CC(CCO)c1ccccc1)c1ccc(Cl)cc1. The summed E-state index contributed by atoms with van der Waals surface area (Å²) >= 11 is 5.87. The number of aliphatic hydroxyl groups excluding tert-OH is 1. The van der Waals surface area contributed by atoms with Gasteiger partial charge in [0.05, 0.1) is 0 Å². The van der Waals surface area contributed by atoms with Crippen molar-refractivity contribution in [1.82, 2.24) is 0 Å². The van der Waals surface area contributed by atoms with Crippen LogP contribution in [0.5, 0.6) is 0 Å². The normalized spacial score (nSPS) is 12.0. The van der Waals surface area contributed by atoms with Crippen molar-refractivity contribution in [2.24, 2.45) is 0 Å². The van der Waals surface area contributed by atoms with Gasteiger partial charge in [-0.05, 0) is 42.2 Å². The van der Waals surface area contributed by atoms with E-state index in [0.29, 0.717) is 17.9 Å². The number of amides is 1. The molecule has 1 atom stereocenters. The summed E-state index contributed by atoms with van der Waals surface area (Å²) < 4.78 is 0. The van der Waals surface area contributed by atoms with E-state index >= 15 is 0 Å². The van der Waals surface area contributed by atoms with Crippen LogP contribution in [0.2, 0.25) is 5.02 Å². The highest BCUT2D eigenvalue weighted by Gasteiger charge is 2.19. The standard InChI is InChI=1S/C18H20ClNO2/c1-20(17-9-7-16(19)8-10-17)18(22)13-15(11-12-21)14-5-3-2-4-6-14/h2-10,15,21H,11-13H2,1H3. The van der Waals surface area contributed by atoms with E-state index < -0.39 is 0 Å². The first-order valence-corrected chi connectivity index (χ1v) is 7.67. The Balaban J connectivity index is 2.09. The molecule has 3 nitrogen and oxygen atoms in total. The van der Waals surface area contributed by atoms with E-state index in [9.17, 15) is 9.90 Å². The Labute approximate surface area is 136 Å². The fraction of sp³-hybridized carbons (Fsp3) is 0.278. The predicted molar refractivity (Wildman–Crippen MR) is 90.4 cm³/mol. The minimum atomic E-state index is 0.0182. The lowest BCUT2D eigenvalue weighted by atomic mass is 9.92. The molecule has 0 aromatic heterocycles. The fourth-order valence-electron chi connectivity index (χ4n) is 2.42. The van der Waals surface area contributed by atoms with Gasteiger partial charge in [0.25, 0.3) is 0 Å². The number of carbonyl (C=O) groups excluding carboxylic acids is 1. The molecule has 116 valence electrons. The summed E-state index contributed by atoms with van der Waals surface area (Å²) in [5.41, 5.74) is 1.89. The van der Waals surface area contributed by atoms with E-state index in [1.807, 2.05) is 42.5 Å². The molecule has 0 radical (unpaired) electrons. The summed E-state index contributed by atoms with van der Waals surface area (Å²) in [6, 6.07) is 17.0. The number of benzene rings is 2. The molecule has 22 heavy (non-hydrogen) atoms. The van der Waals surface area contributed by atoms with E-state index in [1.54, 1.807) is 24.1 Å². The molecule has 0 saturated heterocycles. The molecule has 2 aromatic carbocycles. The molecule has 0 spiro atoms. The summed E-state index contributed by atoms with van der Waals surface area (Å²) in [5.74, 6) is 0.0399. The number of carbonyl (C=O) groups is 1. The van der Waals surface area contributed by atoms with E-state index in [2.05, 4.69) is 0 Å². The lowest BCUT2D eigenvalue weighted by molar-refractivity contribution is -0.118. The molecule has 0 aliphatic rings. The molecule has 1 amide bonds. The third-order valence-electron chi connectivity index (χ3n) is 3.76. The average Bonchev–Trinajstić information content (AvgIpc) is 2.55. The van der Waals surface area contributed by atoms with Gasteiger partial charge in [0.1, 0.15) is 0 Å². The summed E-state index contributed by atoms with van der Waals surface area (Å²) in [6.45, 7) is 0.0670. The first-order valence-electron chi connectivity index (χ1n) is 7.29. The van der Waals surface area contributed by atoms with Crippen molar-refractivity contribution in [2.45, 2.75) is 18.8 Å². The Bertz CT molecular complexity index is 598. The summed E-state index contributed by atoms with van der Waals surface area (Å²) in [7, 11) is 1.76. The Kier molecular flexibility index (Phi) is 5.99. The highest BCUT2D eigenvalue weighted by molar-refractivity contribution is 6.30. The molecular formula is C18H20ClNO2. The minimum Gasteiger partial charge on any atom is -0.396 e. The van der Waals surface area contributed by atoms with Crippen molar-refractivity contribution in [2.75, 3.05) is 18.6 Å². The van der Waals surface area contributed by atoms with Crippen LogP contribution in [0.3, 0.4) is 0 Å². The third kappa shape index (κ3) is 4.33. The molecule has 4 heteroatoms. The number of aliphatic hydroxyl groups is 1. The summed E-state index contributed by atoms with van der Waals surface area (Å²) in [4.78, 5) is 14.1. The Morgan fingerprint density at radius 3 is 2.36 bits per heavy atom. The number of hydrogen-bond donors (Lipinski definition) is 1. The molecule has 0 saturated carbocycles. The van der Waals surface area contributed by atoms with Crippen LogP contribution < -0.4 is 4.90 Å². The molecule has 0 aliphatic heterocycles. The first-order chi connectivity index (χ1) is 10.6. The number of halogens is 1. The van der Waals surface area contributed by atoms with Gasteiger partial charge in [-0.15, -0.1) is 0 Å². The topological polar surface area (TPSA) is 40.5 Å². The molecule has 2 aromatic rings. The van der Waals surface area contributed by atoms with Gasteiger partial charge in [0.15, 0.2) is 0 Å². The molecule has 1 unspecified atom stereocenters. The minimum absolute atomic E-state index is 0.0182. The van der Waals surface area contributed by atoms with Crippen LogP contribution in [-0.4, -0.2) is 24.7 Å². The largest absolute Gasteiger partial charge is 0.396 e. The number of hydrogen-bond acceptors (Lipinski definition) is 2. The van der Waals surface area contributed by atoms with Gasteiger partial charge in [-0.1, -0.05) is 41.9 Å². The van der Waals surface area contributed by atoms with E-state index in [4.69, 9.17) is 11.6 Å². The average molecular weight is 318 g/mol. The number of nitrogens with zero attached hydrogens (tertiary/aromatic N) is 1. The van der Waals surface area contributed by atoms with Crippen LogP contribution in [-0.2, 0) is 4.79 Å². The monoisotopic (exact) mass is 317 g/mol. The molecule has 0 fully saturated rings. The van der Waals surface area contributed by atoms with Crippen molar-refractivity contribution < 1.29 is 9.90 Å². The van der Waals surface area contributed by atoms with Gasteiger partial charge in [-0.3, -0.25) is 4.79 Å². The van der Waals surface area contributed by atoms with Crippen molar-refractivity contribution in [3.63, 3.8) is 0 Å². The zero-order valence-electron chi connectivity index (χ0n) is 12.6. The van der Waals surface area contributed by atoms with Gasteiger partial charge in [0, 0.05) is 30.8 Å². The van der Waals surface area contributed by atoms with Crippen molar-refractivity contribution in [3.8, 4) is 0 Å². The third-order valence-corrected chi connectivity index (χ3v) is 4.01. The zero-order chi connectivity index (χ0) is 15.9. The van der Waals surface area contributed by atoms with Crippen LogP contribution in [0.25, 0.3) is 0 Å². The van der Waals surface area contributed by atoms with E-state index in [0.717, 1.165) is 11.3 Å². The highest BCUT2D eigenvalue weighted by Crippen LogP contribution is 2.25. The van der Waals surface area contributed by atoms with Crippen molar-refractivity contribution in [1.29, 1.82) is 0 Å². The maximum absolute atomic E-state index is 12.5. The van der Waals surface area contributed by atoms with Gasteiger partial charge in [-0.2, -0.15) is 0 Å². The molecule has 0 heterocycles. The Hall–Kier alpha value is -1.84. The maximum atomic E-state index is 12.5. The predicted octanol–water partition coefficient (Wildman–Crippen LogP) is 3.86. The van der Waals surface area contributed by atoms with Gasteiger partial charge in [-0.25, -0.2) is 0 Å². The molecular weight excluding hydrogens is 298 g/mol. The van der Waals surface area contributed by atoms with Gasteiger partial charge >= 0.3 is 0 Å². The maximum Gasteiger partial charge on any atom is 0.227 e. The molecule has 1 N–H and O–H groups in total. The quantitative estimate of drug-likeness (QED) is 0.879. The van der Waals surface area contributed by atoms with E-state index in [1.165, 1.54) is 0 Å². The second-order valence-electron chi connectivity index (χ2n) is 5.25. The summed E-state index contributed by atoms with van der Waals surface area (Å²) in [6.07, 6.45) is 0.938. The Morgan fingerprint density at radius 2 is 1.77 bits per heavy atom. The number of anilines is 1. The number of rotatable bonds is 6. The smallest absolute Gasteiger partial charge is 0.227 e. The van der Waals surface area contributed by atoms with Gasteiger partial charge in [0.2, 0.25) is 5.91 Å². The van der Waals surface area contributed by atoms with Crippen LogP contribution >= 0.6 is 11.6 Å². The highest BCUT2D eigenvalue weighted by atomic mass is 35.5. The van der Waals surface area contributed by atoms with Crippen molar-refractivity contribution >= 4 is 23.2 Å². The second-order valence-corrected chi connectivity index (χ2v) is 5.69. The molecule has 2 rings (SSSR count). The second kappa shape index (κ2) is 7.97. The van der Waals surface area contributed by atoms with Crippen LogP contribution in [0.1, 0.15) is 24.3 Å². The van der Waals surface area contributed by atoms with E-state index in [-0.39, 0.29) is 18.4 Å².